The van der Waals surface area contributed by atoms with Crippen LogP contribution in [0.2, 0.25) is 0 Å². The number of esters is 1. The summed E-state index contributed by atoms with van der Waals surface area (Å²) in [5, 5.41) is 13.1. The second kappa shape index (κ2) is 7.76. The topological polar surface area (TPSA) is 67.8 Å². The molecule has 0 amide bonds. The minimum atomic E-state index is -0.674. The first kappa shape index (κ1) is 15.5. The van der Waals surface area contributed by atoms with E-state index >= 15 is 0 Å². The molecule has 0 aliphatic heterocycles. The summed E-state index contributed by atoms with van der Waals surface area (Å²) in [6.07, 6.45) is -0.388. The number of rotatable bonds is 7. The van der Waals surface area contributed by atoms with Crippen LogP contribution >= 0.6 is 0 Å². The highest BCUT2D eigenvalue weighted by molar-refractivity contribution is 5.69. The third kappa shape index (κ3) is 4.89. The zero-order valence-corrected chi connectivity index (χ0v) is 11.6. The molecule has 0 aliphatic carbocycles. The Bertz CT molecular complexity index is 420. The first-order valence-electron chi connectivity index (χ1n) is 6.18. The number of benzene rings is 1. The minimum absolute atomic E-state index is 0.268. The van der Waals surface area contributed by atoms with Crippen molar-refractivity contribution in [2.24, 2.45) is 0 Å². The molecule has 106 valence electrons. The van der Waals surface area contributed by atoms with Gasteiger partial charge in [0.05, 0.1) is 26.7 Å². The highest BCUT2D eigenvalue weighted by Gasteiger charge is 2.13. The summed E-state index contributed by atoms with van der Waals surface area (Å²) < 4.78 is 9.75. The Morgan fingerprint density at radius 3 is 2.79 bits per heavy atom. The maximum atomic E-state index is 10.9. The van der Waals surface area contributed by atoms with Crippen LogP contribution in [-0.2, 0) is 9.53 Å². The summed E-state index contributed by atoms with van der Waals surface area (Å²) in [7, 11) is 2.93. The van der Waals surface area contributed by atoms with Crippen molar-refractivity contribution in [2.75, 3.05) is 27.3 Å². The number of carbonyl (C=O) groups is 1. The van der Waals surface area contributed by atoms with Crippen LogP contribution in [-0.4, -0.2) is 38.4 Å². The standard InChI is InChI=1S/C14H21NO4/c1-10-4-5-13(18-2)11(8-10)12(16)9-15-7-6-14(17)19-3/h4-5,8,12,15-16H,6-7,9H2,1-3H3. The van der Waals surface area contributed by atoms with Gasteiger partial charge >= 0.3 is 5.97 Å². The Morgan fingerprint density at radius 1 is 1.42 bits per heavy atom. The molecule has 2 N–H and O–H groups in total. The molecule has 0 bridgehead atoms. The zero-order valence-electron chi connectivity index (χ0n) is 11.6. The van der Waals surface area contributed by atoms with Crippen LogP contribution < -0.4 is 10.1 Å². The van der Waals surface area contributed by atoms with E-state index in [1.165, 1.54) is 7.11 Å². The van der Waals surface area contributed by atoms with Gasteiger partial charge in [-0.05, 0) is 19.1 Å². The van der Waals surface area contributed by atoms with E-state index in [4.69, 9.17) is 4.74 Å². The van der Waals surface area contributed by atoms with Crippen molar-refractivity contribution in [2.45, 2.75) is 19.4 Å². The quantitative estimate of drug-likeness (QED) is 0.574. The fourth-order valence-corrected chi connectivity index (χ4v) is 1.76. The van der Waals surface area contributed by atoms with Gasteiger partial charge in [0, 0.05) is 18.7 Å². The van der Waals surface area contributed by atoms with E-state index in [0.29, 0.717) is 18.8 Å². The molecule has 0 spiro atoms. The molecular weight excluding hydrogens is 246 g/mol. The van der Waals surface area contributed by atoms with E-state index in [0.717, 1.165) is 11.1 Å². The van der Waals surface area contributed by atoms with Gasteiger partial charge in [-0.15, -0.1) is 0 Å². The fraction of sp³-hybridized carbons (Fsp3) is 0.500. The molecule has 0 radical (unpaired) electrons. The van der Waals surface area contributed by atoms with Crippen LogP contribution in [0.15, 0.2) is 18.2 Å². The van der Waals surface area contributed by atoms with Crippen LogP contribution in [0.3, 0.4) is 0 Å². The van der Waals surface area contributed by atoms with Crippen molar-refractivity contribution in [1.82, 2.24) is 5.32 Å². The van der Waals surface area contributed by atoms with Crippen molar-refractivity contribution in [3.8, 4) is 5.75 Å². The van der Waals surface area contributed by atoms with E-state index in [9.17, 15) is 9.90 Å². The van der Waals surface area contributed by atoms with Gasteiger partial charge in [-0.3, -0.25) is 4.79 Å². The summed E-state index contributed by atoms with van der Waals surface area (Å²) in [6, 6.07) is 5.66. The fourth-order valence-electron chi connectivity index (χ4n) is 1.76. The minimum Gasteiger partial charge on any atom is -0.496 e. The smallest absolute Gasteiger partial charge is 0.306 e. The molecular formula is C14H21NO4. The average Bonchev–Trinajstić information content (AvgIpc) is 2.42. The molecule has 0 aliphatic rings. The molecule has 5 nitrogen and oxygen atoms in total. The number of carbonyl (C=O) groups excluding carboxylic acids is 1. The van der Waals surface area contributed by atoms with E-state index in [-0.39, 0.29) is 12.4 Å². The second-order valence-electron chi connectivity index (χ2n) is 4.29. The molecule has 0 fully saturated rings. The zero-order chi connectivity index (χ0) is 14.3. The highest BCUT2D eigenvalue weighted by atomic mass is 16.5. The first-order valence-corrected chi connectivity index (χ1v) is 6.18. The predicted octanol–water partition coefficient (Wildman–Crippen LogP) is 1.19. The molecule has 1 rings (SSSR count). The number of aliphatic hydroxyl groups excluding tert-OH is 1. The Hall–Kier alpha value is -1.59. The molecule has 0 heterocycles. The third-order valence-electron chi connectivity index (χ3n) is 2.82. The van der Waals surface area contributed by atoms with Gasteiger partial charge in [-0.2, -0.15) is 0 Å². The summed E-state index contributed by atoms with van der Waals surface area (Å²) in [5.41, 5.74) is 1.80. The molecule has 19 heavy (non-hydrogen) atoms. The lowest BCUT2D eigenvalue weighted by atomic mass is 10.1. The maximum absolute atomic E-state index is 10.9. The van der Waals surface area contributed by atoms with Crippen molar-refractivity contribution in [3.63, 3.8) is 0 Å². The number of aryl methyl sites for hydroxylation is 1. The number of hydrogen-bond donors (Lipinski definition) is 2. The third-order valence-corrected chi connectivity index (χ3v) is 2.82. The average molecular weight is 267 g/mol. The first-order chi connectivity index (χ1) is 9.08. The molecule has 1 aromatic rings. The lowest BCUT2D eigenvalue weighted by molar-refractivity contribution is -0.140. The van der Waals surface area contributed by atoms with Crippen molar-refractivity contribution >= 4 is 5.97 Å². The number of nitrogens with one attached hydrogen (secondary N) is 1. The van der Waals surface area contributed by atoms with E-state index < -0.39 is 6.10 Å². The Balaban J connectivity index is 2.51. The molecule has 0 aromatic heterocycles. The van der Waals surface area contributed by atoms with Crippen LogP contribution in [0.1, 0.15) is 23.7 Å². The molecule has 1 aromatic carbocycles. The normalized spacial score (nSPS) is 12.0. The summed E-state index contributed by atoms with van der Waals surface area (Å²) in [5.74, 6) is 0.392. The summed E-state index contributed by atoms with van der Waals surface area (Å²) in [6.45, 7) is 2.79. The van der Waals surface area contributed by atoms with E-state index in [1.807, 2.05) is 25.1 Å². The van der Waals surface area contributed by atoms with Gasteiger partial charge < -0.3 is 19.9 Å². The lowest BCUT2D eigenvalue weighted by Gasteiger charge is -2.16. The lowest BCUT2D eigenvalue weighted by Crippen LogP contribution is -2.24. The predicted molar refractivity (Wildman–Crippen MR) is 72.2 cm³/mol. The number of aliphatic hydroxyl groups is 1. The van der Waals surface area contributed by atoms with Crippen molar-refractivity contribution in [3.05, 3.63) is 29.3 Å². The molecule has 0 saturated carbocycles. The van der Waals surface area contributed by atoms with Crippen LogP contribution in [0, 0.1) is 6.92 Å². The summed E-state index contributed by atoms with van der Waals surface area (Å²) in [4.78, 5) is 10.9. The van der Waals surface area contributed by atoms with Gasteiger partial charge in [-0.1, -0.05) is 11.6 Å². The van der Waals surface area contributed by atoms with Gasteiger partial charge in [-0.25, -0.2) is 0 Å². The molecule has 1 unspecified atom stereocenters. The van der Waals surface area contributed by atoms with E-state index in [1.54, 1.807) is 7.11 Å². The van der Waals surface area contributed by atoms with Crippen LogP contribution in [0.4, 0.5) is 0 Å². The molecule has 1 atom stereocenters. The SMILES string of the molecule is COC(=O)CCNCC(O)c1cc(C)ccc1OC. The summed E-state index contributed by atoms with van der Waals surface area (Å²) >= 11 is 0. The molecule has 0 saturated heterocycles. The Kier molecular flexibility index (Phi) is 6.32. The number of ether oxygens (including phenoxy) is 2. The van der Waals surface area contributed by atoms with Crippen LogP contribution in [0.25, 0.3) is 0 Å². The monoisotopic (exact) mass is 267 g/mol. The highest BCUT2D eigenvalue weighted by Crippen LogP contribution is 2.25. The number of hydrogen-bond acceptors (Lipinski definition) is 5. The maximum Gasteiger partial charge on any atom is 0.306 e. The van der Waals surface area contributed by atoms with Crippen LogP contribution in [0.5, 0.6) is 5.75 Å². The van der Waals surface area contributed by atoms with Gasteiger partial charge in [0.1, 0.15) is 5.75 Å². The Morgan fingerprint density at radius 2 is 2.16 bits per heavy atom. The van der Waals surface area contributed by atoms with Crippen molar-refractivity contribution < 1.29 is 19.4 Å². The Labute approximate surface area is 113 Å². The van der Waals surface area contributed by atoms with E-state index in [2.05, 4.69) is 10.1 Å². The van der Waals surface area contributed by atoms with Gasteiger partial charge in [0.15, 0.2) is 0 Å². The van der Waals surface area contributed by atoms with Gasteiger partial charge in [0.25, 0.3) is 0 Å². The molecule has 5 heteroatoms. The van der Waals surface area contributed by atoms with Gasteiger partial charge in [0.2, 0.25) is 0 Å². The largest absolute Gasteiger partial charge is 0.496 e. The van der Waals surface area contributed by atoms with Crippen molar-refractivity contribution in [1.29, 1.82) is 0 Å². The second-order valence-corrected chi connectivity index (χ2v) is 4.29. The number of methoxy groups -OCH3 is 2.